The first-order valence-corrected chi connectivity index (χ1v) is 8.39. The summed E-state index contributed by atoms with van der Waals surface area (Å²) in [6.07, 6.45) is 3.67. The van der Waals surface area contributed by atoms with Crippen LogP contribution in [0, 0.1) is 5.92 Å². The largest absolute Gasteiger partial charge is 0.497 e. The Morgan fingerprint density at radius 3 is 2.35 bits per heavy atom. The summed E-state index contributed by atoms with van der Waals surface area (Å²) in [5, 5.41) is 0. The molecule has 0 saturated carbocycles. The van der Waals surface area contributed by atoms with Gasteiger partial charge in [-0.25, -0.2) is 0 Å². The molecule has 0 aromatic heterocycles. The van der Waals surface area contributed by atoms with Crippen molar-refractivity contribution in [3.8, 4) is 5.75 Å². The van der Waals surface area contributed by atoms with E-state index < -0.39 is 16.6 Å². The normalized spacial score (nSPS) is 15.0. The van der Waals surface area contributed by atoms with Crippen LogP contribution in [0.15, 0.2) is 36.4 Å². The summed E-state index contributed by atoms with van der Waals surface area (Å²) >= 11 is 1.49. The molecule has 126 valence electrons. The maximum Gasteiger partial charge on any atom is 0.315 e. The van der Waals surface area contributed by atoms with Gasteiger partial charge >= 0.3 is 5.97 Å². The molecule has 23 heavy (non-hydrogen) atoms. The number of hydrogen-bond acceptors (Lipinski definition) is 5. The van der Waals surface area contributed by atoms with Crippen LogP contribution in [0.1, 0.15) is 26.3 Å². The summed E-state index contributed by atoms with van der Waals surface area (Å²) < 4.78 is 9.05. The predicted octanol–water partition coefficient (Wildman–Crippen LogP) is 3.64. The Bertz CT molecular complexity index is 565. The molecular weight excluding hydrogens is 312 g/mol. The van der Waals surface area contributed by atoms with E-state index in [4.69, 9.17) is 4.74 Å². The van der Waals surface area contributed by atoms with Crippen LogP contribution in [0.3, 0.4) is 0 Å². The number of carbonyl (C=O) groups excluding carboxylic acids is 2. The number of methoxy groups -OCH3 is 2. The molecule has 4 nitrogen and oxygen atoms in total. The smallest absolute Gasteiger partial charge is 0.315 e. The fourth-order valence-corrected chi connectivity index (χ4v) is 3.40. The van der Waals surface area contributed by atoms with Gasteiger partial charge in [0.15, 0.2) is 5.78 Å². The van der Waals surface area contributed by atoms with Crippen molar-refractivity contribution < 1.29 is 19.1 Å². The molecule has 1 aromatic carbocycles. The minimum atomic E-state index is -0.787. The van der Waals surface area contributed by atoms with Gasteiger partial charge in [0, 0.05) is 5.75 Å². The van der Waals surface area contributed by atoms with E-state index in [9.17, 15) is 9.59 Å². The van der Waals surface area contributed by atoms with Crippen LogP contribution in [-0.2, 0) is 20.1 Å². The highest BCUT2D eigenvalue weighted by Crippen LogP contribution is 2.34. The molecule has 0 bridgehead atoms. The minimum Gasteiger partial charge on any atom is -0.497 e. The van der Waals surface area contributed by atoms with Crippen molar-refractivity contribution in [3.63, 3.8) is 0 Å². The molecule has 0 aliphatic carbocycles. The summed E-state index contributed by atoms with van der Waals surface area (Å²) in [5.41, 5.74) is 1.09. The molecule has 1 aromatic rings. The van der Waals surface area contributed by atoms with Crippen molar-refractivity contribution in [2.24, 2.45) is 5.92 Å². The van der Waals surface area contributed by atoms with Crippen LogP contribution in [-0.4, -0.2) is 30.7 Å². The average molecular weight is 336 g/mol. The van der Waals surface area contributed by atoms with Crippen LogP contribution >= 0.6 is 11.8 Å². The number of rotatable bonds is 8. The van der Waals surface area contributed by atoms with Gasteiger partial charge in [-0.2, -0.15) is 0 Å². The molecule has 0 radical (unpaired) electrons. The second-order valence-electron chi connectivity index (χ2n) is 5.35. The molecule has 0 fully saturated rings. The monoisotopic (exact) mass is 336 g/mol. The highest BCUT2D eigenvalue weighted by Gasteiger charge is 2.37. The zero-order valence-corrected chi connectivity index (χ0v) is 15.1. The van der Waals surface area contributed by atoms with Crippen LogP contribution in [0.5, 0.6) is 5.75 Å². The quantitative estimate of drug-likeness (QED) is 0.412. The van der Waals surface area contributed by atoms with Gasteiger partial charge in [-0.3, -0.25) is 9.59 Å². The van der Waals surface area contributed by atoms with Gasteiger partial charge < -0.3 is 9.47 Å². The Balaban J connectivity index is 2.87. The second-order valence-corrected chi connectivity index (χ2v) is 6.78. The summed E-state index contributed by atoms with van der Waals surface area (Å²) in [6.45, 7) is 5.29. The van der Waals surface area contributed by atoms with Crippen LogP contribution in [0.2, 0.25) is 0 Å². The van der Waals surface area contributed by atoms with E-state index in [1.54, 1.807) is 14.0 Å². The van der Waals surface area contributed by atoms with Crippen molar-refractivity contribution in [1.29, 1.82) is 0 Å². The van der Waals surface area contributed by atoms with Gasteiger partial charge in [-0.1, -0.05) is 24.3 Å². The van der Waals surface area contributed by atoms with E-state index in [2.05, 4.69) is 4.74 Å². The third-order valence-electron chi connectivity index (χ3n) is 3.62. The molecule has 0 spiro atoms. The number of ketones is 1. The Morgan fingerprint density at radius 2 is 1.87 bits per heavy atom. The zero-order chi connectivity index (χ0) is 17.5. The van der Waals surface area contributed by atoms with Gasteiger partial charge in [0.2, 0.25) is 0 Å². The number of benzene rings is 1. The number of ether oxygens (including phenoxy) is 2. The fourth-order valence-electron chi connectivity index (χ4n) is 2.19. The van der Waals surface area contributed by atoms with Crippen molar-refractivity contribution in [2.45, 2.75) is 31.3 Å². The molecule has 0 aliphatic heterocycles. The number of Topliss-reactive ketones (excluding diaryl/α,β-unsaturated/α-hetero) is 1. The van der Waals surface area contributed by atoms with Gasteiger partial charge in [0.1, 0.15) is 11.7 Å². The SMILES string of the molecule is C/C=C/[C@](C)(SCc1ccc(OC)cc1)C(=O)C(C)C(=O)OC. The highest BCUT2D eigenvalue weighted by molar-refractivity contribution is 8.00. The average Bonchev–Trinajstić information content (AvgIpc) is 2.58. The number of esters is 1. The first-order chi connectivity index (χ1) is 10.9. The molecular formula is C18H24O4S. The highest BCUT2D eigenvalue weighted by atomic mass is 32.2. The summed E-state index contributed by atoms with van der Waals surface area (Å²) in [6, 6.07) is 7.72. The van der Waals surface area contributed by atoms with E-state index in [0.717, 1.165) is 11.3 Å². The first-order valence-electron chi connectivity index (χ1n) is 7.40. The number of allylic oxidation sites excluding steroid dienone is 1. The topological polar surface area (TPSA) is 52.6 Å². The number of hydrogen-bond donors (Lipinski definition) is 0. The minimum absolute atomic E-state index is 0.152. The molecule has 0 amide bonds. The van der Waals surface area contributed by atoms with Crippen LogP contribution in [0.25, 0.3) is 0 Å². The lowest BCUT2D eigenvalue weighted by Gasteiger charge is -2.26. The van der Waals surface area contributed by atoms with Gasteiger partial charge in [-0.05, 0) is 38.5 Å². The number of carbonyl (C=O) groups is 2. The first kappa shape index (κ1) is 19.3. The molecule has 1 unspecified atom stereocenters. The fraction of sp³-hybridized carbons (Fsp3) is 0.444. The molecule has 5 heteroatoms. The van der Waals surface area contributed by atoms with Crippen molar-refractivity contribution in [3.05, 3.63) is 42.0 Å². The lowest BCUT2D eigenvalue weighted by atomic mass is 9.94. The van der Waals surface area contributed by atoms with E-state index in [1.807, 2.05) is 50.3 Å². The molecule has 1 rings (SSSR count). The van der Waals surface area contributed by atoms with Gasteiger partial charge in [0.25, 0.3) is 0 Å². The van der Waals surface area contributed by atoms with E-state index in [1.165, 1.54) is 18.9 Å². The van der Waals surface area contributed by atoms with E-state index in [-0.39, 0.29) is 5.78 Å². The lowest BCUT2D eigenvalue weighted by molar-refractivity contribution is -0.148. The molecule has 0 aliphatic rings. The van der Waals surface area contributed by atoms with E-state index in [0.29, 0.717) is 5.75 Å². The van der Waals surface area contributed by atoms with Crippen molar-refractivity contribution >= 4 is 23.5 Å². The maximum absolute atomic E-state index is 12.7. The lowest BCUT2D eigenvalue weighted by Crippen LogP contribution is -2.38. The van der Waals surface area contributed by atoms with E-state index >= 15 is 0 Å². The zero-order valence-electron chi connectivity index (χ0n) is 14.3. The predicted molar refractivity (Wildman–Crippen MR) is 93.7 cm³/mol. The number of thioether (sulfide) groups is 1. The third-order valence-corrected chi connectivity index (χ3v) is 5.03. The van der Waals surface area contributed by atoms with Gasteiger partial charge in [0.05, 0.1) is 19.0 Å². The van der Waals surface area contributed by atoms with Gasteiger partial charge in [-0.15, -0.1) is 11.8 Å². The Labute approximate surface area is 142 Å². The Morgan fingerprint density at radius 1 is 1.26 bits per heavy atom. The van der Waals surface area contributed by atoms with Crippen LogP contribution in [0.4, 0.5) is 0 Å². The second kappa shape index (κ2) is 8.77. The molecule has 2 atom stereocenters. The summed E-state index contributed by atoms with van der Waals surface area (Å²) in [5.74, 6) is 0.0106. The molecule has 0 N–H and O–H groups in total. The van der Waals surface area contributed by atoms with Crippen LogP contribution < -0.4 is 4.74 Å². The Hall–Kier alpha value is -1.75. The standard InChI is InChI=1S/C18H24O4S/c1-6-11-18(3,16(19)13(2)17(20)22-5)23-12-14-7-9-15(21-4)10-8-14/h6-11,13H,12H2,1-5H3/b11-6+/t13?,18-/m0/s1. The molecule has 0 heterocycles. The third kappa shape index (κ3) is 5.13. The summed E-state index contributed by atoms with van der Waals surface area (Å²) in [7, 11) is 2.92. The summed E-state index contributed by atoms with van der Waals surface area (Å²) in [4.78, 5) is 24.3. The molecule has 0 saturated heterocycles. The Kier molecular flexibility index (Phi) is 7.36. The maximum atomic E-state index is 12.7. The van der Waals surface area contributed by atoms with Crippen molar-refractivity contribution in [1.82, 2.24) is 0 Å². The van der Waals surface area contributed by atoms with Crippen molar-refractivity contribution in [2.75, 3.05) is 14.2 Å².